The summed E-state index contributed by atoms with van der Waals surface area (Å²) in [7, 11) is 1.55. The van der Waals surface area contributed by atoms with Gasteiger partial charge in [-0.2, -0.15) is 0 Å². The van der Waals surface area contributed by atoms with Gasteiger partial charge in [0.2, 0.25) is 11.8 Å². The lowest BCUT2D eigenvalue weighted by molar-refractivity contribution is -0.286. The first kappa shape index (κ1) is 29.3. The molecule has 4 atom stereocenters. The van der Waals surface area contributed by atoms with Gasteiger partial charge in [-0.1, -0.05) is 0 Å². The van der Waals surface area contributed by atoms with Crippen LogP contribution < -0.4 is 33.7 Å². The van der Waals surface area contributed by atoms with Gasteiger partial charge in [-0.25, -0.2) is 0 Å². The van der Waals surface area contributed by atoms with Crippen LogP contribution >= 0.6 is 0 Å². The fourth-order valence-corrected chi connectivity index (χ4v) is 5.83. The van der Waals surface area contributed by atoms with Gasteiger partial charge in [0, 0.05) is 35.7 Å². The highest BCUT2D eigenvalue weighted by Gasteiger charge is 2.49. The topological polar surface area (TPSA) is 129 Å². The van der Waals surface area contributed by atoms with Gasteiger partial charge in [-0.3, -0.25) is 4.79 Å². The summed E-state index contributed by atoms with van der Waals surface area (Å²) in [6.07, 6.45) is -4.25. The number of hydrogen-bond acceptors (Lipinski definition) is 11. The van der Waals surface area contributed by atoms with Crippen molar-refractivity contribution in [1.82, 2.24) is 15.5 Å². The van der Waals surface area contributed by atoms with Crippen molar-refractivity contribution in [2.24, 2.45) is 0 Å². The number of halogens is 2. The van der Waals surface area contributed by atoms with Crippen molar-refractivity contribution < 1.29 is 51.5 Å². The molecule has 2 aromatic carbocycles. The fourth-order valence-electron chi connectivity index (χ4n) is 5.83. The lowest BCUT2D eigenvalue weighted by Gasteiger charge is -2.34. The number of ether oxygens (including phenoxy) is 8. The molecule has 1 saturated heterocycles. The number of carbonyl (C=O) groups is 1. The smallest absolute Gasteiger partial charge is 0.497 e. The first-order valence-corrected chi connectivity index (χ1v) is 14.4. The monoisotopic (exact) mass is 627 g/mol. The summed E-state index contributed by atoms with van der Waals surface area (Å²) in [5.74, 6) is 0.352. The first-order valence-electron chi connectivity index (χ1n) is 14.4. The van der Waals surface area contributed by atoms with Gasteiger partial charge in [0.25, 0.3) is 0 Å². The molecule has 0 aliphatic carbocycles. The molecule has 3 aromatic rings. The van der Waals surface area contributed by atoms with Crippen LogP contribution in [0.4, 0.5) is 8.78 Å². The average molecular weight is 628 g/mol. The lowest BCUT2D eigenvalue weighted by atomic mass is 9.82. The van der Waals surface area contributed by atoms with Crippen LogP contribution in [0, 0.1) is 0 Å². The Bertz CT molecular complexity index is 1640. The molecule has 4 aliphatic heterocycles. The zero-order valence-corrected chi connectivity index (χ0v) is 24.9. The fraction of sp³-hybridized carbons (Fsp3) is 0.452. The van der Waals surface area contributed by atoms with Crippen LogP contribution in [0.3, 0.4) is 0 Å². The van der Waals surface area contributed by atoms with E-state index < -0.39 is 29.6 Å². The van der Waals surface area contributed by atoms with Crippen LogP contribution in [0.15, 0.2) is 42.5 Å². The maximum Gasteiger partial charge on any atom is 0.586 e. The average Bonchev–Trinajstić information content (AvgIpc) is 3.64. The second-order valence-corrected chi connectivity index (χ2v) is 11.9. The molecule has 4 aliphatic rings. The molecule has 1 aromatic heterocycles. The van der Waals surface area contributed by atoms with Crippen molar-refractivity contribution in [2.45, 2.75) is 62.9 Å². The second kappa shape index (κ2) is 10.6. The van der Waals surface area contributed by atoms with Crippen LogP contribution in [0.5, 0.6) is 34.6 Å². The Labute approximate surface area is 256 Å². The maximum atomic E-state index is 13.9. The van der Waals surface area contributed by atoms with Crippen molar-refractivity contribution in [1.29, 1.82) is 0 Å². The molecule has 1 N–H and O–H groups in total. The molecular weight excluding hydrogens is 596 g/mol. The minimum atomic E-state index is -3.79. The normalized spacial score (nSPS) is 26.7. The number of carbonyl (C=O) groups excluding carboxylic acids is 1. The van der Waals surface area contributed by atoms with Crippen molar-refractivity contribution in [3.8, 4) is 34.6 Å². The maximum absolute atomic E-state index is 13.9. The summed E-state index contributed by atoms with van der Waals surface area (Å²) in [5.41, 5.74) is 0.487. The van der Waals surface area contributed by atoms with Gasteiger partial charge in [0.05, 0.1) is 19.8 Å². The molecule has 12 nitrogen and oxygen atoms in total. The summed E-state index contributed by atoms with van der Waals surface area (Å²) in [5, 5.41) is 11.7. The number of methoxy groups -OCH3 is 1. The van der Waals surface area contributed by atoms with Crippen LogP contribution in [0.2, 0.25) is 0 Å². The van der Waals surface area contributed by atoms with E-state index in [1.165, 1.54) is 12.1 Å². The summed E-state index contributed by atoms with van der Waals surface area (Å²) < 4.78 is 71.1. The Morgan fingerprint density at radius 3 is 2.53 bits per heavy atom. The number of aromatic nitrogens is 2. The van der Waals surface area contributed by atoms with Crippen LogP contribution in [-0.4, -0.2) is 61.2 Å². The van der Waals surface area contributed by atoms with Gasteiger partial charge in [-0.05, 0) is 45.0 Å². The van der Waals surface area contributed by atoms with Crippen molar-refractivity contribution in [2.75, 3.05) is 26.9 Å². The Morgan fingerprint density at radius 1 is 1.02 bits per heavy atom. The SMILES string of the molecule is COc1ccc2c(c1)O[C@@H](c1ccc(OC[C@@H]3COC(C)(C)O3)nn1)C[C@H]2NC(=O)C1(C)COc2cc3c(cc21)OC(F)(F)O3. The molecule has 45 heavy (non-hydrogen) atoms. The highest BCUT2D eigenvalue weighted by atomic mass is 19.3. The second-order valence-electron chi connectivity index (χ2n) is 11.9. The first-order chi connectivity index (χ1) is 21.4. The molecule has 1 fully saturated rings. The van der Waals surface area contributed by atoms with Gasteiger partial charge >= 0.3 is 6.29 Å². The number of nitrogens with zero attached hydrogens (tertiary/aromatic N) is 2. The largest absolute Gasteiger partial charge is 0.586 e. The van der Waals surface area contributed by atoms with E-state index in [4.69, 9.17) is 28.4 Å². The Kier molecular flexibility index (Phi) is 6.89. The molecule has 7 rings (SSSR count). The molecule has 0 bridgehead atoms. The van der Waals surface area contributed by atoms with Crippen molar-refractivity contribution in [3.05, 3.63) is 59.3 Å². The summed E-state index contributed by atoms with van der Waals surface area (Å²) in [6.45, 7) is 6.05. The predicted octanol–water partition coefficient (Wildman–Crippen LogP) is 4.37. The number of rotatable bonds is 7. The van der Waals surface area contributed by atoms with E-state index in [1.807, 2.05) is 19.9 Å². The third-order valence-corrected chi connectivity index (χ3v) is 8.21. The summed E-state index contributed by atoms with van der Waals surface area (Å²) >= 11 is 0. The molecule has 0 radical (unpaired) electrons. The van der Waals surface area contributed by atoms with Crippen molar-refractivity contribution in [3.63, 3.8) is 0 Å². The number of fused-ring (bicyclic) bond motifs is 3. The summed E-state index contributed by atoms with van der Waals surface area (Å²) in [4.78, 5) is 13.9. The van der Waals surface area contributed by atoms with E-state index in [-0.39, 0.29) is 42.5 Å². The number of benzene rings is 2. The highest BCUT2D eigenvalue weighted by molar-refractivity contribution is 5.90. The zero-order chi connectivity index (χ0) is 31.6. The van der Waals surface area contributed by atoms with Crippen LogP contribution in [0.25, 0.3) is 0 Å². The molecule has 5 heterocycles. The van der Waals surface area contributed by atoms with E-state index >= 15 is 0 Å². The van der Waals surface area contributed by atoms with E-state index in [0.29, 0.717) is 41.7 Å². The van der Waals surface area contributed by atoms with Crippen molar-refractivity contribution >= 4 is 5.91 Å². The highest BCUT2D eigenvalue weighted by Crippen LogP contribution is 2.50. The molecule has 0 saturated carbocycles. The van der Waals surface area contributed by atoms with E-state index in [2.05, 4.69) is 25.0 Å². The standard InChI is InChI=1S/C31H31F2N3O9/c1-29(2)41-14-17(43-29)13-39-27-8-7-20(35-36-27)24-11-21(18-6-5-16(38-4)9-22(18)42-24)34-28(37)30(3)15-40-23-12-26-25(10-19(23)30)44-31(32,33)45-26/h5-10,12,17,21,24H,11,13-15H2,1-4H3,(H,34,37)/t17-,21-,24-,30?/m1/s1. The molecular formula is C31H31F2N3O9. The zero-order valence-electron chi connectivity index (χ0n) is 24.9. The lowest BCUT2D eigenvalue weighted by Crippen LogP contribution is -2.46. The van der Waals surface area contributed by atoms with Crippen LogP contribution in [0.1, 0.15) is 56.2 Å². The van der Waals surface area contributed by atoms with Gasteiger partial charge < -0.3 is 43.2 Å². The Balaban J connectivity index is 1.10. The van der Waals surface area contributed by atoms with E-state index in [1.54, 1.807) is 38.3 Å². The van der Waals surface area contributed by atoms with Gasteiger partial charge in [-0.15, -0.1) is 19.0 Å². The van der Waals surface area contributed by atoms with E-state index in [0.717, 1.165) is 5.56 Å². The third kappa shape index (κ3) is 5.52. The summed E-state index contributed by atoms with van der Waals surface area (Å²) in [6, 6.07) is 11.0. The number of alkyl halides is 2. The third-order valence-electron chi connectivity index (χ3n) is 8.21. The van der Waals surface area contributed by atoms with Crippen LogP contribution in [-0.2, 0) is 19.7 Å². The van der Waals surface area contributed by atoms with Gasteiger partial charge in [0.1, 0.15) is 53.8 Å². The predicted molar refractivity (Wildman–Crippen MR) is 150 cm³/mol. The molecule has 1 amide bonds. The number of hydrogen-bond donors (Lipinski definition) is 1. The minimum absolute atomic E-state index is 0.00196. The molecule has 0 spiro atoms. The quantitative estimate of drug-likeness (QED) is 0.401. The Hall–Kier alpha value is -4.43. The van der Waals surface area contributed by atoms with Gasteiger partial charge in [0.15, 0.2) is 17.3 Å². The number of amides is 1. The molecule has 1 unspecified atom stereocenters. The minimum Gasteiger partial charge on any atom is -0.497 e. The number of nitrogens with one attached hydrogen (secondary N) is 1. The molecule has 14 heteroatoms. The Morgan fingerprint density at radius 2 is 1.82 bits per heavy atom. The van der Waals surface area contributed by atoms with E-state index in [9.17, 15) is 13.6 Å². The molecule has 238 valence electrons.